The van der Waals surface area contributed by atoms with Gasteiger partial charge in [0.15, 0.2) is 5.78 Å². The molecule has 2 unspecified atom stereocenters. The molecule has 0 amide bonds. The van der Waals surface area contributed by atoms with Gasteiger partial charge in [-0.3, -0.25) is 4.79 Å². The Morgan fingerprint density at radius 1 is 1.00 bits per heavy atom. The maximum atomic E-state index is 13.2. The number of fused-ring (bicyclic) bond motifs is 1. The van der Waals surface area contributed by atoms with Gasteiger partial charge in [-0.2, -0.15) is 11.8 Å². The van der Waals surface area contributed by atoms with Crippen molar-refractivity contribution in [3.63, 3.8) is 0 Å². The second kappa shape index (κ2) is 7.92. The van der Waals surface area contributed by atoms with Gasteiger partial charge in [-0.15, -0.1) is 0 Å². The monoisotopic (exact) mass is 406 g/mol. The molecule has 3 aliphatic rings. The predicted molar refractivity (Wildman–Crippen MR) is 120 cm³/mol. The number of aryl methyl sites for hydroxylation is 1. The molecule has 29 heavy (non-hydrogen) atoms. The van der Waals surface area contributed by atoms with Crippen LogP contribution in [0.5, 0.6) is 0 Å². The molecule has 2 aromatic carbocycles. The van der Waals surface area contributed by atoms with Crippen molar-refractivity contribution in [2.75, 3.05) is 11.5 Å². The van der Waals surface area contributed by atoms with E-state index in [1.807, 2.05) is 11.8 Å². The molecule has 3 fully saturated rings. The van der Waals surface area contributed by atoms with E-state index in [9.17, 15) is 4.79 Å². The quantitative estimate of drug-likeness (QED) is 0.653. The summed E-state index contributed by atoms with van der Waals surface area (Å²) in [6.45, 7) is 2.13. The van der Waals surface area contributed by atoms with Crippen LogP contribution in [0.2, 0.25) is 0 Å². The van der Waals surface area contributed by atoms with E-state index < -0.39 is 0 Å². The second-order valence-corrected chi connectivity index (χ2v) is 10.2. The summed E-state index contributed by atoms with van der Waals surface area (Å²) >= 11 is 2.00. The van der Waals surface area contributed by atoms with E-state index in [1.165, 1.54) is 29.5 Å². The van der Waals surface area contributed by atoms with Gasteiger partial charge in [0.25, 0.3) is 0 Å². The van der Waals surface area contributed by atoms with Crippen LogP contribution in [0.4, 0.5) is 0 Å². The Balaban J connectivity index is 1.41. The molecule has 0 radical (unpaired) electrons. The minimum Gasteiger partial charge on any atom is -0.366 e. The second-order valence-electron chi connectivity index (χ2n) is 9.18. The molecule has 0 aromatic heterocycles. The number of rotatable bonds is 4. The lowest BCUT2D eigenvalue weighted by Gasteiger charge is -2.36. The molecule has 3 heteroatoms. The minimum absolute atomic E-state index is 0.0307. The molecule has 152 valence electrons. The van der Waals surface area contributed by atoms with Gasteiger partial charge in [0, 0.05) is 29.4 Å². The van der Waals surface area contributed by atoms with Gasteiger partial charge in [0.2, 0.25) is 0 Å². The summed E-state index contributed by atoms with van der Waals surface area (Å²) in [5.74, 6) is 3.13. The number of ether oxygens (including phenoxy) is 1. The van der Waals surface area contributed by atoms with E-state index in [0.29, 0.717) is 24.0 Å². The largest absolute Gasteiger partial charge is 0.366 e. The first-order valence-electron chi connectivity index (χ1n) is 11.1. The zero-order valence-electron chi connectivity index (χ0n) is 17.2. The van der Waals surface area contributed by atoms with Gasteiger partial charge in [-0.1, -0.05) is 73.0 Å². The van der Waals surface area contributed by atoms with Gasteiger partial charge in [-0.25, -0.2) is 0 Å². The van der Waals surface area contributed by atoms with Crippen LogP contribution in [0.15, 0.2) is 54.6 Å². The van der Waals surface area contributed by atoms with Crippen molar-refractivity contribution in [2.45, 2.75) is 62.6 Å². The maximum Gasteiger partial charge on any atom is 0.162 e. The summed E-state index contributed by atoms with van der Waals surface area (Å²) in [5, 5.41) is 0. The van der Waals surface area contributed by atoms with Crippen LogP contribution in [0.25, 0.3) is 0 Å². The van der Waals surface area contributed by atoms with Crippen molar-refractivity contribution in [1.82, 2.24) is 0 Å². The number of carbonyl (C=O) groups excluding carboxylic acids is 1. The highest BCUT2D eigenvalue weighted by Gasteiger charge is 2.58. The number of ketones is 1. The van der Waals surface area contributed by atoms with Crippen LogP contribution in [-0.2, 0) is 14.9 Å². The van der Waals surface area contributed by atoms with E-state index >= 15 is 0 Å². The smallest absolute Gasteiger partial charge is 0.162 e. The molecule has 2 nitrogen and oxygen atoms in total. The molecule has 1 heterocycles. The molecule has 0 spiro atoms. The van der Waals surface area contributed by atoms with Crippen molar-refractivity contribution >= 4 is 17.5 Å². The Bertz CT molecular complexity index is 862. The SMILES string of the molecule is Cc1ccc([C@@]23CSC[C@@H]2[C@@H](OC2CCCCC2c2ccccc2)C(=O)C3)cc1. The van der Waals surface area contributed by atoms with Gasteiger partial charge in [-0.05, 0) is 36.6 Å². The van der Waals surface area contributed by atoms with E-state index in [-0.39, 0.29) is 17.6 Å². The van der Waals surface area contributed by atoms with E-state index in [2.05, 4.69) is 61.5 Å². The normalized spacial score (nSPS) is 34.3. The standard InChI is InChI=1S/C26H30O2S/c1-18-11-13-20(14-12-18)26-15-23(27)25(22(26)16-29-17-26)28-24-10-6-5-9-21(24)19-7-3-2-4-8-19/h2-4,7-8,11-14,21-22,24-25H,5-6,9-10,15-17H2,1H3/t21?,22-,24?,25-,26-/m1/s1. The maximum absolute atomic E-state index is 13.2. The Hall–Kier alpha value is -1.58. The zero-order valence-corrected chi connectivity index (χ0v) is 18.0. The Morgan fingerprint density at radius 3 is 2.55 bits per heavy atom. The van der Waals surface area contributed by atoms with E-state index in [0.717, 1.165) is 24.3 Å². The lowest BCUT2D eigenvalue weighted by molar-refractivity contribution is -0.135. The number of hydrogen-bond donors (Lipinski definition) is 0. The summed E-state index contributed by atoms with van der Waals surface area (Å²) in [6.07, 6.45) is 5.27. The van der Waals surface area contributed by atoms with Gasteiger partial charge < -0.3 is 4.74 Å². The molecule has 2 saturated carbocycles. The third kappa shape index (κ3) is 3.47. The first-order chi connectivity index (χ1) is 14.2. The number of hydrogen-bond acceptors (Lipinski definition) is 3. The van der Waals surface area contributed by atoms with Crippen LogP contribution < -0.4 is 0 Å². The van der Waals surface area contributed by atoms with Crippen LogP contribution in [0.1, 0.15) is 54.7 Å². The summed E-state index contributed by atoms with van der Waals surface area (Å²) in [6, 6.07) is 19.7. The lowest BCUT2D eigenvalue weighted by Crippen LogP contribution is -2.39. The van der Waals surface area contributed by atoms with Crippen LogP contribution in [-0.4, -0.2) is 29.5 Å². The number of carbonyl (C=O) groups is 1. The molecule has 5 atom stereocenters. The molecule has 5 rings (SSSR count). The highest BCUT2D eigenvalue weighted by atomic mass is 32.2. The first-order valence-corrected chi connectivity index (χ1v) is 12.2. The zero-order chi connectivity index (χ0) is 19.8. The fraction of sp³-hybridized carbons (Fsp3) is 0.500. The Morgan fingerprint density at radius 2 is 1.76 bits per heavy atom. The predicted octanol–water partition coefficient (Wildman–Crippen LogP) is 5.68. The molecular weight excluding hydrogens is 376 g/mol. The lowest BCUT2D eigenvalue weighted by atomic mass is 9.74. The highest BCUT2D eigenvalue weighted by Crippen LogP contribution is 2.54. The summed E-state index contributed by atoms with van der Waals surface area (Å²) in [5.41, 5.74) is 3.95. The Kier molecular flexibility index (Phi) is 5.30. The van der Waals surface area contributed by atoms with Crippen molar-refractivity contribution in [3.05, 3.63) is 71.3 Å². The molecular formula is C26H30O2S. The van der Waals surface area contributed by atoms with Gasteiger partial charge in [0.05, 0.1) is 6.10 Å². The fourth-order valence-electron chi connectivity index (χ4n) is 5.82. The molecule has 0 bridgehead atoms. The van der Waals surface area contributed by atoms with Crippen LogP contribution >= 0.6 is 11.8 Å². The fourth-order valence-corrected chi connectivity index (χ4v) is 7.53. The van der Waals surface area contributed by atoms with Crippen molar-refractivity contribution in [1.29, 1.82) is 0 Å². The topological polar surface area (TPSA) is 26.3 Å². The summed E-state index contributed by atoms with van der Waals surface area (Å²) in [4.78, 5) is 13.2. The minimum atomic E-state index is -0.236. The third-order valence-electron chi connectivity index (χ3n) is 7.42. The number of Topliss-reactive ketones (excluding diaryl/α,β-unsaturated/α-hetero) is 1. The molecule has 2 aliphatic carbocycles. The average molecular weight is 407 g/mol. The summed E-state index contributed by atoms with van der Waals surface area (Å²) < 4.78 is 6.75. The van der Waals surface area contributed by atoms with Crippen LogP contribution in [0, 0.1) is 12.8 Å². The van der Waals surface area contributed by atoms with Crippen LogP contribution in [0.3, 0.4) is 0 Å². The third-order valence-corrected chi connectivity index (χ3v) is 8.73. The highest BCUT2D eigenvalue weighted by molar-refractivity contribution is 7.99. The molecule has 1 saturated heterocycles. The first kappa shape index (κ1) is 19.4. The molecule has 2 aromatic rings. The average Bonchev–Trinajstić information content (AvgIpc) is 3.27. The van der Waals surface area contributed by atoms with Gasteiger partial charge >= 0.3 is 0 Å². The summed E-state index contributed by atoms with van der Waals surface area (Å²) in [7, 11) is 0. The van der Waals surface area contributed by atoms with Crippen molar-refractivity contribution in [3.8, 4) is 0 Å². The Labute approximate surface area is 178 Å². The number of benzene rings is 2. The number of thioether (sulfide) groups is 1. The van der Waals surface area contributed by atoms with E-state index in [4.69, 9.17) is 4.74 Å². The van der Waals surface area contributed by atoms with Crippen molar-refractivity contribution in [2.24, 2.45) is 5.92 Å². The van der Waals surface area contributed by atoms with Crippen molar-refractivity contribution < 1.29 is 9.53 Å². The van der Waals surface area contributed by atoms with E-state index in [1.54, 1.807) is 0 Å². The molecule has 1 aliphatic heterocycles. The van der Waals surface area contributed by atoms with Gasteiger partial charge in [0.1, 0.15) is 6.10 Å². The molecule has 0 N–H and O–H groups in total.